The molecular formula is C15H14N2O2. The van der Waals surface area contributed by atoms with Crippen molar-refractivity contribution in [3.63, 3.8) is 0 Å². The van der Waals surface area contributed by atoms with Crippen molar-refractivity contribution >= 4 is 17.9 Å². The minimum Gasteiger partial charge on any atom is -0.348 e. The number of H-pyrrole nitrogens is 1. The van der Waals surface area contributed by atoms with Crippen molar-refractivity contribution < 1.29 is 9.59 Å². The molecule has 0 aliphatic carbocycles. The Morgan fingerprint density at radius 2 is 2.05 bits per heavy atom. The number of hydrogen-bond acceptors (Lipinski definition) is 2. The summed E-state index contributed by atoms with van der Waals surface area (Å²) in [5.74, 6) is -0.0831. The number of carbonyl (C=O) groups excluding carboxylic acids is 2. The van der Waals surface area contributed by atoms with Crippen LogP contribution in [0.1, 0.15) is 33.0 Å². The minimum absolute atomic E-state index is 0.0831. The van der Waals surface area contributed by atoms with E-state index in [2.05, 4.69) is 11.1 Å². The Bertz CT molecular complexity index is 631. The van der Waals surface area contributed by atoms with Crippen LogP contribution in [0.4, 0.5) is 5.69 Å². The number of para-hydroxylation sites is 1. The van der Waals surface area contributed by atoms with Gasteiger partial charge in [0.25, 0.3) is 5.91 Å². The van der Waals surface area contributed by atoms with E-state index in [9.17, 15) is 9.59 Å². The van der Waals surface area contributed by atoms with Gasteiger partial charge in [-0.15, -0.1) is 0 Å². The van der Waals surface area contributed by atoms with Crippen molar-refractivity contribution in [1.29, 1.82) is 0 Å². The zero-order valence-electron chi connectivity index (χ0n) is 10.4. The Morgan fingerprint density at radius 3 is 2.84 bits per heavy atom. The molecule has 0 atom stereocenters. The molecule has 1 aliphatic heterocycles. The van der Waals surface area contributed by atoms with Crippen LogP contribution in [0, 0.1) is 0 Å². The highest BCUT2D eigenvalue weighted by Gasteiger charge is 2.23. The Morgan fingerprint density at radius 1 is 1.21 bits per heavy atom. The van der Waals surface area contributed by atoms with Gasteiger partial charge in [0, 0.05) is 12.2 Å². The van der Waals surface area contributed by atoms with Gasteiger partial charge in [0.2, 0.25) is 0 Å². The molecule has 4 heteroatoms. The fourth-order valence-electron chi connectivity index (χ4n) is 2.50. The zero-order valence-corrected chi connectivity index (χ0v) is 10.4. The molecule has 0 radical (unpaired) electrons. The number of aryl methyl sites for hydroxylation is 1. The molecule has 1 amide bonds. The highest BCUT2D eigenvalue weighted by molar-refractivity contribution is 6.06. The molecule has 4 nitrogen and oxygen atoms in total. The molecular weight excluding hydrogens is 240 g/mol. The second-order valence-electron chi connectivity index (χ2n) is 4.63. The van der Waals surface area contributed by atoms with Gasteiger partial charge in [-0.2, -0.15) is 0 Å². The summed E-state index contributed by atoms with van der Waals surface area (Å²) in [6.07, 6.45) is 2.68. The van der Waals surface area contributed by atoms with Gasteiger partial charge in [-0.05, 0) is 36.6 Å². The van der Waals surface area contributed by atoms with Crippen LogP contribution in [0.25, 0.3) is 0 Å². The maximum atomic E-state index is 12.5. The first kappa shape index (κ1) is 11.7. The van der Waals surface area contributed by atoms with E-state index >= 15 is 0 Å². The Kier molecular flexibility index (Phi) is 2.91. The average molecular weight is 254 g/mol. The molecule has 1 aromatic carbocycles. The van der Waals surface area contributed by atoms with E-state index < -0.39 is 0 Å². The lowest BCUT2D eigenvalue weighted by Crippen LogP contribution is -2.35. The monoisotopic (exact) mass is 254 g/mol. The van der Waals surface area contributed by atoms with Crippen molar-refractivity contribution in [3.05, 3.63) is 53.3 Å². The van der Waals surface area contributed by atoms with Crippen LogP contribution in [-0.4, -0.2) is 23.7 Å². The maximum Gasteiger partial charge on any atom is 0.274 e. The molecule has 0 saturated heterocycles. The first-order valence-electron chi connectivity index (χ1n) is 6.33. The number of benzene rings is 1. The fraction of sp³-hybridized carbons (Fsp3) is 0.200. The number of aldehydes is 1. The van der Waals surface area contributed by atoms with Crippen molar-refractivity contribution in [1.82, 2.24) is 4.98 Å². The summed E-state index contributed by atoms with van der Waals surface area (Å²) < 4.78 is 0. The summed E-state index contributed by atoms with van der Waals surface area (Å²) in [4.78, 5) is 27.7. The second kappa shape index (κ2) is 4.72. The average Bonchev–Trinajstić information content (AvgIpc) is 2.95. The van der Waals surface area contributed by atoms with E-state index in [1.807, 2.05) is 18.2 Å². The number of rotatable bonds is 2. The molecule has 0 bridgehead atoms. The van der Waals surface area contributed by atoms with Crippen LogP contribution in [-0.2, 0) is 6.42 Å². The maximum absolute atomic E-state index is 12.5. The molecule has 1 N–H and O–H groups in total. The third-order valence-corrected chi connectivity index (χ3v) is 3.42. The SMILES string of the molecule is O=Cc1ccc(C(=O)N2CCCc3ccccc32)[nH]1. The van der Waals surface area contributed by atoms with Gasteiger partial charge in [0.05, 0.1) is 5.69 Å². The molecule has 2 aromatic rings. The summed E-state index contributed by atoms with van der Waals surface area (Å²) in [6.45, 7) is 0.714. The van der Waals surface area contributed by atoms with Gasteiger partial charge in [0.1, 0.15) is 5.69 Å². The number of aromatic amines is 1. The Balaban J connectivity index is 1.95. The number of fused-ring (bicyclic) bond motifs is 1. The number of anilines is 1. The smallest absolute Gasteiger partial charge is 0.274 e. The molecule has 1 aromatic heterocycles. The normalized spacial score (nSPS) is 14.0. The van der Waals surface area contributed by atoms with Crippen molar-refractivity contribution in [3.8, 4) is 0 Å². The van der Waals surface area contributed by atoms with E-state index in [0.29, 0.717) is 24.2 Å². The molecule has 1 aliphatic rings. The largest absolute Gasteiger partial charge is 0.348 e. The Labute approximate surface area is 111 Å². The van der Waals surface area contributed by atoms with Crippen LogP contribution in [0.3, 0.4) is 0 Å². The molecule has 0 unspecified atom stereocenters. The summed E-state index contributed by atoms with van der Waals surface area (Å²) in [7, 11) is 0. The lowest BCUT2D eigenvalue weighted by atomic mass is 10.0. The van der Waals surface area contributed by atoms with E-state index in [1.54, 1.807) is 17.0 Å². The highest BCUT2D eigenvalue weighted by atomic mass is 16.2. The van der Waals surface area contributed by atoms with E-state index in [1.165, 1.54) is 5.56 Å². The fourth-order valence-corrected chi connectivity index (χ4v) is 2.50. The number of aromatic nitrogens is 1. The molecule has 19 heavy (non-hydrogen) atoms. The molecule has 96 valence electrons. The Hall–Kier alpha value is -2.36. The second-order valence-corrected chi connectivity index (χ2v) is 4.63. The lowest BCUT2D eigenvalue weighted by molar-refractivity contribution is 0.0981. The van der Waals surface area contributed by atoms with Gasteiger partial charge in [-0.3, -0.25) is 9.59 Å². The van der Waals surface area contributed by atoms with Crippen LogP contribution in [0.2, 0.25) is 0 Å². The van der Waals surface area contributed by atoms with Gasteiger partial charge >= 0.3 is 0 Å². The van der Waals surface area contributed by atoms with E-state index in [0.717, 1.165) is 18.5 Å². The third-order valence-electron chi connectivity index (χ3n) is 3.42. The molecule has 2 heterocycles. The summed E-state index contributed by atoms with van der Waals surface area (Å²) in [6, 6.07) is 11.2. The topological polar surface area (TPSA) is 53.2 Å². The molecule has 3 rings (SSSR count). The third kappa shape index (κ3) is 2.05. The first-order chi connectivity index (χ1) is 9.29. The molecule has 0 fully saturated rings. The highest BCUT2D eigenvalue weighted by Crippen LogP contribution is 2.27. The van der Waals surface area contributed by atoms with E-state index in [-0.39, 0.29) is 5.91 Å². The number of amides is 1. The summed E-state index contributed by atoms with van der Waals surface area (Å²) in [5, 5.41) is 0. The van der Waals surface area contributed by atoms with Gasteiger partial charge in [0.15, 0.2) is 6.29 Å². The minimum atomic E-state index is -0.0831. The van der Waals surface area contributed by atoms with Gasteiger partial charge in [-0.25, -0.2) is 0 Å². The molecule has 0 saturated carbocycles. The summed E-state index contributed by atoms with van der Waals surface area (Å²) in [5.41, 5.74) is 3.05. The van der Waals surface area contributed by atoms with Gasteiger partial charge in [-0.1, -0.05) is 18.2 Å². The standard InChI is InChI=1S/C15H14N2O2/c18-10-12-7-8-13(16-12)15(19)17-9-3-5-11-4-1-2-6-14(11)17/h1-2,4,6-8,10,16H,3,5,9H2. The predicted octanol–water partition coefficient (Wildman–Crippen LogP) is 2.42. The number of nitrogens with zero attached hydrogens (tertiary/aromatic N) is 1. The van der Waals surface area contributed by atoms with Gasteiger partial charge < -0.3 is 9.88 Å². The number of hydrogen-bond donors (Lipinski definition) is 1. The van der Waals surface area contributed by atoms with Crippen molar-refractivity contribution in [2.45, 2.75) is 12.8 Å². The van der Waals surface area contributed by atoms with Crippen LogP contribution >= 0.6 is 0 Å². The van der Waals surface area contributed by atoms with Crippen molar-refractivity contribution in [2.75, 3.05) is 11.4 Å². The quantitative estimate of drug-likeness (QED) is 0.837. The van der Waals surface area contributed by atoms with Crippen LogP contribution in [0.5, 0.6) is 0 Å². The summed E-state index contributed by atoms with van der Waals surface area (Å²) >= 11 is 0. The predicted molar refractivity (Wildman–Crippen MR) is 72.6 cm³/mol. The lowest BCUT2D eigenvalue weighted by Gasteiger charge is -2.29. The zero-order chi connectivity index (χ0) is 13.2. The molecule has 0 spiro atoms. The van der Waals surface area contributed by atoms with Crippen LogP contribution < -0.4 is 4.90 Å². The van der Waals surface area contributed by atoms with Crippen molar-refractivity contribution in [2.24, 2.45) is 0 Å². The van der Waals surface area contributed by atoms with E-state index in [4.69, 9.17) is 0 Å². The number of nitrogens with one attached hydrogen (secondary N) is 1. The number of carbonyl (C=O) groups is 2. The first-order valence-corrected chi connectivity index (χ1v) is 6.33. The van der Waals surface area contributed by atoms with Crippen LogP contribution in [0.15, 0.2) is 36.4 Å².